The zero-order valence-electron chi connectivity index (χ0n) is 8.77. The van der Waals surface area contributed by atoms with Crippen LogP contribution in [0.2, 0.25) is 0 Å². The highest BCUT2D eigenvalue weighted by molar-refractivity contribution is 9.10. The van der Waals surface area contributed by atoms with Gasteiger partial charge in [-0.05, 0) is 34.1 Å². The van der Waals surface area contributed by atoms with E-state index < -0.39 is 18.6 Å². The van der Waals surface area contributed by atoms with E-state index in [1.807, 2.05) is 0 Å². The first kappa shape index (κ1) is 13.8. The van der Waals surface area contributed by atoms with Gasteiger partial charge in [0.2, 0.25) is 0 Å². The summed E-state index contributed by atoms with van der Waals surface area (Å²) in [5.74, 6) is -0.289. The van der Waals surface area contributed by atoms with Crippen LogP contribution in [-0.4, -0.2) is 25.7 Å². The van der Waals surface area contributed by atoms with Crippen molar-refractivity contribution in [2.75, 3.05) is 13.7 Å². The zero-order valence-corrected chi connectivity index (χ0v) is 10.4. The Bertz CT molecular complexity index is 421. The molecule has 0 aromatic heterocycles. The van der Waals surface area contributed by atoms with Gasteiger partial charge in [0.1, 0.15) is 12.3 Å². The van der Waals surface area contributed by atoms with Crippen LogP contribution < -0.4 is 10.1 Å². The fraction of sp³-hybridized carbons (Fsp3) is 0.300. The Hall–Kier alpha value is -1.24. The molecule has 0 aliphatic rings. The average Bonchev–Trinajstić information content (AvgIpc) is 2.24. The van der Waals surface area contributed by atoms with Crippen LogP contribution in [0.1, 0.15) is 10.4 Å². The van der Waals surface area contributed by atoms with Crippen LogP contribution in [-0.2, 0) is 0 Å². The van der Waals surface area contributed by atoms with Crippen LogP contribution in [0, 0.1) is 0 Å². The van der Waals surface area contributed by atoms with E-state index in [-0.39, 0.29) is 5.56 Å². The Morgan fingerprint density at radius 3 is 2.59 bits per heavy atom. The Morgan fingerprint density at radius 1 is 1.47 bits per heavy atom. The summed E-state index contributed by atoms with van der Waals surface area (Å²) < 4.78 is 41.1. The number of carbonyl (C=O) groups excluding carboxylic acids is 1. The molecule has 0 aliphatic carbocycles. The predicted octanol–water partition coefficient (Wildman–Crippen LogP) is 2.75. The molecule has 0 unspecified atom stereocenters. The molecule has 0 radical (unpaired) electrons. The van der Waals surface area contributed by atoms with E-state index in [1.165, 1.54) is 25.3 Å². The molecule has 1 aromatic rings. The average molecular weight is 312 g/mol. The summed E-state index contributed by atoms with van der Waals surface area (Å²) in [4.78, 5) is 11.4. The second-order valence-electron chi connectivity index (χ2n) is 3.15. The molecule has 0 heterocycles. The molecule has 1 aromatic carbocycles. The lowest BCUT2D eigenvalue weighted by Gasteiger charge is -2.09. The van der Waals surface area contributed by atoms with Gasteiger partial charge in [-0.1, -0.05) is 0 Å². The number of amides is 1. The molecule has 0 fully saturated rings. The van der Waals surface area contributed by atoms with E-state index in [1.54, 1.807) is 5.32 Å². The molecule has 94 valence electrons. The highest BCUT2D eigenvalue weighted by atomic mass is 79.9. The predicted molar refractivity (Wildman–Crippen MR) is 59.1 cm³/mol. The number of alkyl halides is 3. The van der Waals surface area contributed by atoms with Crippen LogP contribution in [0.15, 0.2) is 22.7 Å². The summed E-state index contributed by atoms with van der Waals surface area (Å²) >= 11 is 3.14. The fourth-order valence-corrected chi connectivity index (χ4v) is 1.63. The van der Waals surface area contributed by atoms with E-state index in [0.717, 1.165) is 0 Å². The number of halogens is 4. The van der Waals surface area contributed by atoms with E-state index in [4.69, 9.17) is 4.74 Å². The molecule has 17 heavy (non-hydrogen) atoms. The molecule has 0 atom stereocenters. The number of rotatable bonds is 3. The van der Waals surface area contributed by atoms with Crippen molar-refractivity contribution in [3.63, 3.8) is 0 Å². The third kappa shape index (κ3) is 4.26. The maximum atomic E-state index is 11.9. The van der Waals surface area contributed by atoms with Gasteiger partial charge in [-0.3, -0.25) is 4.79 Å². The van der Waals surface area contributed by atoms with Crippen molar-refractivity contribution in [1.29, 1.82) is 0 Å². The first-order valence-corrected chi connectivity index (χ1v) is 5.31. The van der Waals surface area contributed by atoms with Crippen LogP contribution in [0.25, 0.3) is 0 Å². The molecular formula is C10H9BrF3NO2. The second-order valence-corrected chi connectivity index (χ2v) is 4.00. The van der Waals surface area contributed by atoms with E-state index >= 15 is 0 Å². The summed E-state index contributed by atoms with van der Waals surface area (Å²) in [6, 6.07) is 4.27. The van der Waals surface area contributed by atoms with Crippen LogP contribution in [0.5, 0.6) is 5.75 Å². The van der Waals surface area contributed by atoms with Crippen molar-refractivity contribution in [3.8, 4) is 5.75 Å². The van der Waals surface area contributed by atoms with Crippen molar-refractivity contribution < 1.29 is 22.7 Å². The Kier molecular flexibility index (Phi) is 4.39. The van der Waals surface area contributed by atoms with Gasteiger partial charge in [-0.25, -0.2) is 0 Å². The largest absolute Gasteiger partial charge is 0.496 e. The monoisotopic (exact) mass is 311 g/mol. The Balaban J connectivity index is 2.73. The van der Waals surface area contributed by atoms with Crippen molar-refractivity contribution in [2.45, 2.75) is 6.18 Å². The van der Waals surface area contributed by atoms with Crippen LogP contribution in [0.4, 0.5) is 13.2 Å². The standard InChI is InChI=1S/C10H9BrF3NO2/c1-17-8-3-2-6(4-7(8)11)9(16)15-5-10(12,13)14/h2-4H,5H2,1H3,(H,15,16). The Labute approximate surface area is 104 Å². The first-order chi connectivity index (χ1) is 7.83. The summed E-state index contributed by atoms with van der Waals surface area (Å²) in [6.45, 7) is -1.35. The van der Waals surface area contributed by atoms with E-state index in [2.05, 4.69) is 15.9 Å². The molecule has 0 bridgehead atoms. The van der Waals surface area contributed by atoms with Crippen LogP contribution >= 0.6 is 15.9 Å². The van der Waals surface area contributed by atoms with Gasteiger partial charge < -0.3 is 10.1 Å². The van der Waals surface area contributed by atoms with Gasteiger partial charge >= 0.3 is 6.18 Å². The summed E-state index contributed by atoms with van der Waals surface area (Å²) in [7, 11) is 1.45. The molecule has 0 spiro atoms. The maximum Gasteiger partial charge on any atom is 0.405 e. The molecule has 3 nitrogen and oxygen atoms in total. The highest BCUT2D eigenvalue weighted by Gasteiger charge is 2.27. The second kappa shape index (κ2) is 5.39. The maximum absolute atomic E-state index is 11.9. The topological polar surface area (TPSA) is 38.3 Å². The number of nitrogens with one attached hydrogen (secondary N) is 1. The third-order valence-corrected chi connectivity index (χ3v) is 2.48. The molecule has 1 rings (SSSR count). The molecular weight excluding hydrogens is 303 g/mol. The third-order valence-electron chi connectivity index (χ3n) is 1.86. The number of benzene rings is 1. The summed E-state index contributed by atoms with van der Waals surface area (Å²) in [6.07, 6.45) is -4.42. The minimum Gasteiger partial charge on any atom is -0.496 e. The molecule has 1 N–H and O–H groups in total. The Morgan fingerprint density at radius 2 is 2.12 bits per heavy atom. The number of hydrogen-bond donors (Lipinski definition) is 1. The SMILES string of the molecule is COc1ccc(C(=O)NCC(F)(F)F)cc1Br. The molecule has 1 amide bonds. The normalized spacial score (nSPS) is 11.1. The smallest absolute Gasteiger partial charge is 0.405 e. The number of ether oxygens (including phenoxy) is 1. The number of hydrogen-bond acceptors (Lipinski definition) is 2. The minimum absolute atomic E-state index is 0.127. The van der Waals surface area contributed by atoms with Crippen molar-refractivity contribution in [2.24, 2.45) is 0 Å². The van der Waals surface area contributed by atoms with Gasteiger partial charge in [0.15, 0.2) is 0 Å². The molecule has 0 aliphatic heterocycles. The van der Waals surface area contributed by atoms with E-state index in [0.29, 0.717) is 10.2 Å². The zero-order chi connectivity index (χ0) is 13.1. The lowest BCUT2D eigenvalue weighted by atomic mass is 10.2. The molecule has 7 heteroatoms. The van der Waals surface area contributed by atoms with Crippen molar-refractivity contribution in [3.05, 3.63) is 28.2 Å². The van der Waals surface area contributed by atoms with Gasteiger partial charge in [0.05, 0.1) is 11.6 Å². The minimum atomic E-state index is -4.42. The van der Waals surface area contributed by atoms with E-state index in [9.17, 15) is 18.0 Å². The van der Waals surface area contributed by atoms with Gasteiger partial charge in [-0.15, -0.1) is 0 Å². The highest BCUT2D eigenvalue weighted by Crippen LogP contribution is 2.25. The summed E-state index contributed by atoms with van der Waals surface area (Å²) in [5.41, 5.74) is 0.127. The van der Waals surface area contributed by atoms with Gasteiger partial charge in [-0.2, -0.15) is 13.2 Å². The van der Waals surface area contributed by atoms with Crippen molar-refractivity contribution >= 4 is 21.8 Å². The first-order valence-electron chi connectivity index (χ1n) is 4.52. The number of methoxy groups -OCH3 is 1. The molecule has 0 saturated carbocycles. The fourth-order valence-electron chi connectivity index (χ4n) is 1.09. The van der Waals surface area contributed by atoms with Crippen molar-refractivity contribution in [1.82, 2.24) is 5.32 Å². The lowest BCUT2D eigenvalue weighted by molar-refractivity contribution is -0.123. The molecule has 0 saturated heterocycles. The number of carbonyl (C=O) groups is 1. The summed E-state index contributed by atoms with van der Waals surface area (Å²) in [5, 5.41) is 1.78. The van der Waals surface area contributed by atoms with Crippen LogP contribution in [0.3, 0.4) is 0 Å². The van der Waals surface area contributed by atoms with Gasteiger partial charge in [0.25, 0.3) is 5.91 Å². The van der Waals surface area contributed by atoms with Gasteiger partial charge in [0, 0.05) is 5.56 Å². The lowest BCUT2D eigenvalue weighted by Crippen LogP contribution is -2.33. The quantitative estimate of drug-likeness (QED) is 0.932.